The summed E-state index contributed by atoms with van der Waals surface area (Å²) in [4.78, 5) is 20.4. The number of nitrogens with zero attached hydrogens (tertiary/aromatic N) is 3. The predicted octanol–water partition coefficient (Wildman–Crippen LogP) is 4.28. The molecule has 0 unspecified atom stereocenters. The Bertz CT molecular complexity index is 1230. The number of rotatable bonds is 8. The molecule has 6 nitrogen and oxygen atoms in total. The van der Waals surface area contributed by atoms with Gasteiger partial charge in [-0.15, -0.1) is 11.3 Å². The highest BCUT2D eigenvalue weighted by Crippen LogP contribution is 2.28. The first-order valence-corrected chi connectivity index (χ1v) is 10.9. The Kier molecular flexibility index (Phi) is 6.34. The standard InChI is InChI=1S/C24H25N3O3S/c1-17-16-31-24-25-20(12-23(28)27(17)24)15-26(13-18-7-5-4-6-8-18)14-19-9-10-21(29-2)22(11-19)30-3/h4-12,16H,13-15H2,1-3H3. The van der Waals surface area contributed by atoms with Crippen molar-refractivity contribution < 1.29 is 9.47 Å². The molecule has 31 heavy (non-hydrogen) atoms. The zero-order valence-electron chi connectivity index (χ0n) is 17.9. The molecule has 0 aliphatic heterocycles. The van der Waals surface area contributed by atoms with Crippen molar-refractivity contribution in [2.75, 3.05) is 14.2 Å². The highest BCUT2D eigenvalue weighted by atomic mass is 32.1. The number of aryl methyl sites for hydroxylation is 1. The van der Waals surface area contributed by atoms with Crippen LogP contribution in [0.15, 0.2) is 64.8 Å². The smallest absolute Gasteiger partial charge is 0.259 e. The number of aromatic nitrogens is 2. The maximum atomic E-state index is 12.6. The molecule has 2 heterocycles. The van der Waals surface area contributed by atoms with E-state index in [0.717, 1.165) is 28.5 Å². The molecule has 4 aromatic rings. The molecule has 0 bridgehead atoms. The summed E-state index contributed by atoms with van der Waals surface area (Å²) in [6.07, 6.45) is 0. The lowest BCUT2D eigenvalue weighted by Gasteiger charge is -2.23. The third-order valence-electron chi connectivity index (χ3n) is 5.12. The molecule has 0 saturated carbocycles. The molecule has 0 saturated heterocycles. The highest BCUT2D eigenvalue weighted by molar-refractivity contribution is 7.15. The Morgan fingerprint density at radius 3 is 2.42 bits per heavy atom. The number of hydrogen-bond donors (Lipinski definition) is 0. The van der Waals surface area contributed by atoms with Gasteiger partial charge in [0.15, 0.2) is 16.5 Å². The van der Waals surface area contributed by atoms with E-state index in [1.54, 1.807) is 24.7 Å². The fourth-order valence-electron chi connectivity index (χ4n) is 3.66. The van der Waals surface area contributed by atoms with Gasteiger partial charge < -0.3 is 9.47 Å². The summed E-state index contributed by atoms with van der Waals surface area (Å²) in [5.74, 6) is 1.40. The summed E-state index contributed by atoms with van der Waals surface area (Å²) >= 11 is 1.49. The van der Waals surface area contributed by atoms with Crippen LogP contribution in [0, 0.1) is 6.92 Å². The average molecular weight is 436 g/mol. The van der Waals surface area contributed by atoms with Crippen molar-refractivity contribution in [3.63, 3.8) is 0 Å². The van der Waals surface area contributed by atoms with Gasteiger partial charge in [0.05, 0.1) is 19.9 Å². The van der Waals surface area contributed by atoms with E-state index >= 15 is 0 Å². The van der Waals surface area contributed by atoms with Crippen LogP contribution in [0.25, 0.3) is 4.96 Å². The van der Waals surface area contributed by atoms with Gasteiger partial charge in [0.2, 0.25) is 0 Å². The largest absolute Gasteiger partial charge is 0.493 e. The van der Waals surface area contributed by atoms with Crippen LogP contribution in [0.5, 0.6) is 11.5 Å². The van der Waals surface area contributed by atoms with E-state index in [2.05, 4.69) is 17.0 Å². The first kappa shape index (κ1) is 21.1. The molecule has 160 valence electrons. The number of benzene rings is 2. The Morgan fingerprint density at radius 1 is 0.935 bits per heavy atom. The molecule has 4 rings (SSSR count). The number of fused-ring (bicyclic) bond motifs is 1. The third-order valence-corrected chi connectivity index (χ3v) is 6.06. The van der Waals surface area contributed by atoms with Crippen molar-refractivity contribution in [2.45, 2.75) is 26.6 Å². The lowest BCUT2D eigenvalue weighted by molar-refractivity contribution is 0.244. The first-order valence-electron chi connectivity index (χ1n) is 10.0. The van der Waals surface area contributed by atoms with E-state index in [0.29, 0.717) is 24.6 Å². The topological polar surface area (TPSA) is 56.1 Å². The second-order valence-electron chi connectivity index (χ2n) is 7.40. The Hall–Kier alpha value is -3.16. The zero-order valence-corrected chi connectivity index (χ0v) is 18.7. The molecule has 0 aliphatic rings. The Balaban J connectivity index is 1.64. The third kappa shape index (κ3) is 4.78. The molecule has 0 aliphatic carbocycles. The summed E-state index contributed by atoms with van der Waals surface area (Å²) in [6, 6.07) is 17.9. The molecular weight excluding hydrogens is 410 g/mol. The summed E-state index contributed by atoms with van der Waals surface area (Å²) in [5.41, 5.74) is 3.94. The van der Waals surface area contributed by atoms with Crippen LogP contribution < -0.4 is 15.0 Å². The van der Waals surface area contributed by atoms with Crippen LogP contribution in [0.4, 0.5) is 0 Å². The minimum absolute atomic E-state index is 0.0375. The Labute approximate surface area is 185 Å². The van der Waals surface area contributed by atoms with Gasteiger partial charge in [-0.05, 0) is 30.2 Å². The van der Waals surface area contributed by atoms with E-state index in [-0.39, 0.29) is 5.56 Å². The normalized spacial score (nSPS) is 11.2. The van der Waals surface area contributed by atoms with Crippen LogP contribution in [-0.4, -0.2) is 28.5 Å². The molecular formula is C24H25N3O3S. The van der Waals surface area contributed by atoms with Crippen molar-refractivity contribution in [2.24, 2.45) is 0 Å². The van der Waals surface area contributed by atoms with E-state index < -0.39 is 0 Å². The molecule has 0 N–H and O–H groups in total. The van der Waals surface area contributed by atoms with Crippen molar-refractivity contribution in [3.05, 3.63) is 92.8 Å². The van der Waals surface area contributed by atoms with Crippen molar-refractivity contribution in [1.29, 1.82) is 0 Å². The lowest BCUT2D eigenvalue weighted by Crippen LogP contribution is -2.25. The van der Waals surface area contributed by atoms with Crippen LogP contribution in [0.1, 0.15) is 22.5 Å². The molecule has 2 aromatic carbocycles. The minimum atomic E-state index is -0.0375. The zero-order chi connectivity index (χ0) is 21.8. The van der Waals surface area contributed by atoms with Gasteiger partial charge in [-0.3, -0.25) is 14.1 Å². The van der Waals surface area contributed by atoms with Gasteiger partial charge in [0.1, 0.15) is 0 Å². The van der Waals surface area contributed by atoms with E-state index in [4.69, 9.17) is 14.5 Å². The number of ether oxygens (including phenoxy) is 2. The molecule has 2 aromatic heterocycles. The molecule has 0 fully saturated rings. The number of methoxy groups -OCH3 is 2. The predicted molar refractivity (Wildman–Crippen MR) is 123 cm³/mol. The van der Waals surface area contributed by atoms with Gasteiger partial charge in [0.25, 0.3) is 5.56 Å². The summed E-state index contributed by atoms with van der Waals surface area (Å²) in [5, 5.41) is 1.96. The molecule has 0 atom stereocenters. The molecule has 0 amide bonds. The SMILES string of the molecule is COc1ccc(CN(Cc2ccccc2)Cc2cc(=O)n3c(C)csc3n2)cc1OC. The molecule has 0 spiro atoms. The maximum absolute atomic E-state index is 12.6. The Morgan fingerprint density at radius 2 is 1.68 bits per heavy atom. The molecule has 0 radical (unpaired) electrons. The minimum Gasteiger partial charge on any atom is -0.493 e. The van der Waals surface area contributed by atoms with Crippen LogP contribution in [-0.2, 0) is 19.6 Å². The van der Waals surface area contributed by atoms with Gasteiger partial charge in [0, 0.05) is 36.8 Å². The fourth-order valence-corrected chi connectivity index (χ4v) is 4.55. The van der Waals surface area contributed by atoms with Gasteiger partial charge in [-0.2, -0.15) is 0 Å². The molecule has 7 heteroatoms. The van der Waals surface area contributed by atoms with Crippen molar-refractivity contribution in [1.82, 2.24) is 14.3 Å². The van der Waals surface area contributed by atoms with Crippen molar-refractivity contribution >= 4 is 16.3 Å². The number of thiazole rings is 1. The van der Waals surface area contributed by atoms with Gasteiger partial charge >= 0.3 is 0 Å². The van der Waals surface area contributed by atoms with E-state index in [1.165, 1.54) is 16.9 Å². The second kappa shape index (κ2) is 9.32. The van der Waals surface area contributed by atoms with Crippen molar-refractivity contribution in [3.8, 4) is 11.5 Å². The fraction of sp³-hybridized carbons (Fsp3) is 0.250. The lowest BCUT2D eigenvalue weighted by atomic mass is 10.1. The number of hydrogen-bond acceptors (Lipinski definition) is 6. The average Bonchev–Trinajstić information content (AvgIpc) is 3.15. The summed E-state index contributed by atoms with van der Waals surface area (Å²) in [7, 11) is 3.27. The maximum Gasteiger partial charge on any atom is 0.259 e. The monoisotopic (exact) mass is 435 g/mol. The van der Waals surface area contributed by atoms with E-state index in [1.807, 2.05) is 48.7 Å². The van der Waals surface area contributed by atoms with E-state index in [9.17, 15) is 4.79 Å². The van der Waals surface area contributed by atoms with Crippen LogP contribution in [0.2, 0.25) is 0 Å². The van der Waals surface area contributed by atoms with Crippen LogP contribution in [0.3, 0.4) is 0 Å². The van der Waals surface area contributed by atoms with Crippen LogP contribution >= 0.6 is 11.3 Å². The highest BCUT2D eigenvalue weighted by Gasteiger charge is 2.14. The summed E-state index contributed by atoms with van der Waals surface area (Å²) in [6.45, 7) is 3.90. The summed E-state index contributed by atoms with van der Waals surface area (Å²) < 4.78 is 12.5. The quantitative estimate of drug-likeness (QED) is 0.413. The van der Waals surface area contributed by atoms with Gasteiger partial charge in [-0.1, -0.05) is 36.4 Å². The van der Waals surface area contributed by atoms with Gasteiger partial charge in [-0.25, -0.2) is 4.98 Å². The second-order valence-corrected chi connectivity index (χ2v) is 8.24. The first-order chi connectivity index (χ1) is 15.1.